The number of hydrogen-bond donors (Lipinski definition) is 1. The molecule has 2 aromatic rings. The first-order valence-electron chi connectivity index (χ1n) is 5.50. The van der Waals surface area contributed by atoms with Crippen LogP contribution in [-0.2, 0) is 6.42 Å². The van der Waals surface area contributed by atoms with Crippen LogP contribution in [0.4, 0.5) is 0 Å². The summed E-state index contributed by atoms with van der Waals surface area (Å²) < 4.78 is 1.54. The van der Waals surface area contributed by atoms with Crippen LogP contribution in [0.15, 0.2) is 25.2 Å². The minimum absolute atomic E-state index is 0.125. The van der Waals surface area contributed by atoms with E-state index in [2.05, 4.69) is 55.7 Å². The molecule has 6 heteroatoms. The lowest BCUT2D eigenvalue weighted by atomic mass is 10.1. The molecule has 0 atom stereocenters. The Morgan fingerprint density at radius 3 is 2.72 bits per heavy atom. The van der Waals surface area contributed by atoms with Gasteiger partial charge in [0.25, 0.3) is 5.56 Å². The van der Waals surface area contributed by atoms with E-state index in [0.29, 0.717) is 16.2 Å². The van der Waals surface area contributed by atoms with Crippen molar-refractivity contribution in [3.8, 4) is 10.7 Å². The molecule has 0 aliphatic carbocycles. The number of H-pyrrole nitrogens is 1. The monoisotopic (exact) mass is 390 g/mol. The lowest BCUT2D eigenvalue weighted by Gasteiger charge is -2.07. The fraction of sp³-hybridized carbons (Fsp3) is 0.333. The molecular formula is C12H12Br2N2OS. The smallest absolute Gasteiger partial charge is 0.265 e. The topological polar surface area (TPSA) is 45.8 Å². The summed E-state index contributed by atoms with van der Waals surface area (Å²) >= 11 is 8.26. The average Bonchev–Trinajstić information content (AvgIpc) is 2.70. The Morgan fingerprint density at radius 2 is 2.17 bits per heavy atom. The molecular weight excluding hydrogens is 380 g/mol. The van der Waals surface area contributed by atoms with E-state index in [1.54, 1.807) is 11.3 Å². The highest BCUT2D eigenvalue weighted by molar-refractivity contribution is 9.10. The number of aromatic amines is 1. The van der Waals surface area contributed by atoms with Gasteiger partial charge in [0.15, 0.2) is 5.82 Å². The molecule has 0 aliphatic heterocycles. The Morgan fingerprint density at radius 1 is 1.44 bits per heavy atom. The van der Waals surface area contributed by atoms with Crippen molar-refractivity contribution < 1.29 is 0 Å². The first-order valence-corrected chi connectivity index (χ1v) is 7.97. The van der Waals surface area contributed by atoms with Crippen molar-refractivity contribution in [3.63, 3.8) is 0 Å². The Balaban J connectivity index is 2.50. The highest BCUT2D eigenvalue weighted by Crippen LogP contribution is 2.28. The third-order valence-electron chi connectivity index (χ3n) is 2.33. The van der Waals surface area contributed by atoms with Crippen molar-refractivity contribution in [2.24, 2.45) is 5.92 Å². The minimum Gasteiger partial charge on any atom is -0.305 e. The number of hydrogen-bond acceptors (Lipinski definition) is 3. The van der Waals surface area contributed by atoms with Crippen molar-refractivity contribution in [2.45, 2.75) is 20.3 Å². The maximum absolute atomic E-state index is 11.9. The Labute approximate surface area is 126 Å². The Bertz CT molecular complexity index is 619. The summed E-state index contributed by atoms with van der Waals surface area (Å²) in [5, 5.41) is 1.97. The van der Waals surface area contributed by atoms with E-state index < -0.39 is 0 Å². The number of nitrogens with one attached hydrogen (secondary N) is 1. The Kier molecular flexibility index (Phi) is 4.40. The van der Waals surface area contributed by atoms with E-state index in [4.69, 9.17) is 0 Å². The lowest BCUT2D eigenvalue weighted by molar-refractivity contribution is 0.631. The predicted octanol–water partition coefficient (Wildman–Crippen LogP) is 4.22. The summed E-state index contributed by atoms with van der Waals surface area (Å²) in [6, 6.07) is 1.95. The molecule has 0 amide bonds. The van der Waals surface area contributed by atoms with Crippen LogP contribution in [0, 0.1) is 5.92 Å². The molecule has 0 aliphatic rings. The Hall–Kier alpha value is -0.460. The molecule has 96 valence electrons. The molecule has 1 N–H and O–H groups in total. The van der Waals surface area contributed by atoms with Gasteiger partial charge in [-0.25, -0.2) is 4.98 Å². The molecule has 0 spiro atoms. The van der Waals surface area contributed by atoms with Gasteiger partial charge < -0.3 is 4.98 Å². The van der Waals surface area contributed by atoms with Gasteiger partial charge in [-0.05, 0) is 50.3 Å². The van der Waals surface area contributed by atoms with Crippen molar-refractivity contribution in [1.82, 2.24) is 9.97 Å². The highest BCUT2D eigenvalue weighted by atomic mass is 79.9. The SMILES string of the molecule is CC(C)Cc1nc(-c2cc(Br)cs2)[nH]c(=O)c1Br. The van der Waals surface area contributed by atoms with Crippen molar-refractivity contribution in [1.29, 1.82) is 0 Å². The van der Waals surface area contributed by atoms with E-state index in [1.165, 1.54) is 0 Å². The summed E-state index contributed by atoms with van der Waals surface area (Å²) in [7, 11) is 0. The molecule has 0 radical (unpaired) electrons. The minimum atomic E-state index is -0.125. The summed E-state index contributed by atoms with van der Waals surface area (Å²) in [6.07, 6.45) is 0.782. The lowest BCUT2D eigenvalue weighted by Crippen LogP contribution is -2.14. The van der Waals surface area contributed by atoms with Gasteiger partial charge in [-0.15, -0.1) is 11.3 Å². The molecule has 3 nitrogen and oxygen atoms in total. The number of rotatable bonds is 3. The third-order valence-corrected chi connectivity index (χ3v) is 4.85. The van der Waals surface area contributed by atoms with E-state index in [1.807, 2.05) is 11.4 Å². The summed E-state index contributed by atoms with van der Waals surface area (Å²) in [4.78, 5) is 20.2. The van der Waals surface area contributed by atoms with Gasteiger partial charge in [-0.2, -0.15) is 0 Å². The molecule has 0 saturated heterocycles. The summed E-state index contributed by atoms with van der Waals surface area (Å²) in [6.45, 7) is 4.22. The normalized spacial score (nSPS) is 11.2. The van der Waals surface area contributed by atoms with E-state index in [0.717, 1.165) is 21.5 Å². The van der Waals surface area contributed by atoms with Gasteiger partial charge in [-0.1, -0.05) is 13.8 Å². The number of thiophene rings is 1. The molecule has 0 fully saturated rings. The van der Waals surface area contributed by atoms with Crippen LogP contribution < -0.4 is 5.56 Å². The fourth-order valence-corrected chi connectivity index (χ4v) is 3.30. The van der Waals surface area contributed by atoms with Crippen LogP contribution in [0.1, 0.15) is 19.5 Å². The second-order valence-corrected chi connectivity index (χ2v) is 7.02. The highest BCUT2D eigenvalue weighted by Gasteiger charge is 2.12. The molecule has 0 saturated carbocycles. The first-order chi connectivity index (χ1) is 8.47. The van der Waals surface area contributed by atoms with Crippen molar-refractivity contribution in [2.75, 3.05) is 0 Å². The number of halogens is 2. The van der Waals surface area contributed by atoms with Crippen LogP contribution in [-0.4, -0.2) is 9.97 Å². The maximum Gasteiger partial charge on any atom is 0.265 e. The predicted molar refractivity (Wildman–Crippen MR) is 82.1 cm³/mol. The summed E-state index contributed by atoms with van der Waals surface area (Å²) in [5.74, 6) is 1.09. The second kappa shape index (κ2) is 5.67. The zero-order valence-corrected chi connectivity index (χ0v) is 13.9. The van der Waals surface area contributed by atoms with Gasteiger partial charge in [0, 0.05) is 9.85 Å². The number of aromatic nitrogens is 2. The standard InChI is InChI=1S/C12H12Br2N2OS/c1-6(2)3-8-10(14)12(17)16-11(15-8)9-4-7(13)5-18-9/h4-6H,3H2,1-2H3,(H,15,16,17). The van der Waals surface area contributed by atoms with E-state index >= 15 is 0 Å². The molecule has 2 rings (SSSR count). The molecule has 2 heterocycles. The zero-order valence-electron chi connectivity index (χ0n) is 9.96. The second-order valence-electron chi connectivity index (χ2n) is 4.40. The van der Waals surface area contributed by atoms with Gasteiger partial charge in [0.05, 0.1) is 10.6 Å². The average molecular weight is 392 g/mol. The molecule has 18 heavy (non-hydrogen) atoms. The molecule has 2 aromatic heterocycles. The van der Waals surface area contributed by atoms with Crippen molar-refractivity contribution in [3.05, 3.63) is 36.4 Å². The fourth-order valence-electron chi connectivity index (χ4n) is 1.58. The van der Waals surface area contributed by atoms with E-state index in [9.17, 15) is 4.79 Å². The number of nitrogens with zero attached hydrogens (tertiary/aromatic N) is 1. The maximum atomic E-state index is 11.9. The summed E-state index contributed by atoms with van der Waals surface area (Å²) in [5.41, 5.74) is 0.688. The van der Waals surface area contributed by atoms with Gasteiger partial charge in [0.1, 0.15) is 4.47 Å². The van der Waals surface area contributed by atoms with Crippen molar-refractivity contribution >= 4 is 43.2 Å². The molecule has 0 unspecified atom stereocenters. The quantitative estimate of drug-likeness (QED) is 0.851. The van der Waals surface area contributed by atoms with Crippen LogP contribution in [0.2, 0.25) is 0 Å². The first kappa shape index (κ1) is 14.0. The largest absolute Gasteiger partial charge is 0.305 e. The molecule has 0 bridgehead atoms. The third kappa shape index (κ3) is 3.10. The molecule has 0 aromatic carbocycles. The van der Waals surface area contributed by atoms with Crippen LogP contribution >= 0.6 is 43.2 Å². The van der Waals surface area contributed by atoms with Gasteiger partial charge in [-0.3, -0.25) is 4.79 Å². The van der Waals surface area contributed by atoms with Gasteiger partial charge >= 0.3 is 0 Å². The van der Waals surface area contributed by atoms with Crippen LogP contribution in [0.3, 0.4) is 0 Å². The van der Waals surface area contributed by atoms with Crippen LogP contribution in [0.25, 0.3) is 10.7 Å². The van der Waals surface area contributed by atoms with Crippen LogP contribution in [0.5, 0.6) is 0 Å². The van der Waals surface area contributed by atoms with Gasteiger partial charge in [0.2, 0.25) is 0 Å². The van der Waals surface area contributed by atoms with E-state index in [-0.39, 0.29) is 5.56 Å². The zero-order chi connectivity index (χ0) is 13.3.